The number of rotatable bonds is 0. The third kappa shape index (κ3) is 4.12. The first-order valence-electron chi connectivity index (χ1n) is 7.50. The van der Waals surface area contributed by atoms with Crippen molar-refractivity contribution in [1.82, 2.24) is 9.97 Å². The summed E-state index contributed by atoms with van der Waals surface area (Å²) in [4.78, 5) is 8.27. The summed E-state index contributed by atoms with van der Waals surface area (Å²) in [5, 5.41) is 0. The molecule has 1 aliphatic rings. The summed E-state index contributed by atoms with van der Waals surface area (Å²) in [6.07, 6.45) is 6.00. The maximum Gasteiger partial charge on any atom is 0.0812 e. The molecule has 2 heterocycles. The Hall–Kier alpha value is -1.78. The molecule has 0 amide bonds. The lowest BCUT2D eigenvalue weighted by atomic mass is 10.0. The number of fused-ring (bicyclic) bond motifs is 2. The highest BCUT2D eigenvalue weighted by Crippen LogP contribution is 2.16. The predicted octanol–water partition coefficient (Wildman–Crippen LogP) is 6.15. The fraction of sp³-hybridized carbons (Fsp3) is 0.222. The summed E-state index contributed by atoms with van der Waals surface area (Å²) >= 11 is 3.35. The molecule has 4 heteroatoms. The molecule has 0 unspecified atom stereocenters. The summed E-state index contributed by atoms with van der Waals surface area (Å²) < 4.78 is 2.52. The van der Waals surface area contributed by atoms with Crippen LogP contribution in [0.4, 0.5) is 0 Å². The van der Waals surface area contributed by atoms with Crippen molar-refractivity contribution in [3.8, 4) is 0 Å². The SMILES string of the molecule is C1CCC1.c1ccc2scnc2c1.c1ccc2scnc2c1. The second-order valence-electron chi connectivity index (χ2n) is 5.05. The Morgan fingerprint density at radius 3 is 1.36 bits per heavy atom. The van der Waals surface area contributed by atoms with E-state index in [2.05, 4.69) is 22.1 Å². The molecule has 4 aromatic rings. The summed E-state index contributed by atoms with van der Waals surface area (Å²) in [6, 6.07) is 16.3. The molecule has 2 nitrogen and oxygen atoms in total. The molecule has 0 atom stereocenters. The predicted molar refractivity (Wildman–Crippen MR) is 97.7 cm³/mol. The number of para-hydroxylation sites is 2. The van der Waals surface area contributed by atoms with Crippen LogP contribution in [0.2, 0.25) is 0 Å². The Labute approximate surface area is 138 Å². The van der Waals surface area contributed by atoms with E-state index in [0.717, 1.165) is 11.0 Å². The molecule has 1 saturated carbocycles. The first kappa shape index (κ1) is 15.1. The average molecular weight is 326 g/mol. The van der Waals surface area contributed by atoms with E-state index >= 15 is 0 Å². The summed E-state index contributed by atoms with van der Waals surface area (Å²) in [7, 11) is 0. The van der Waals surface area contributed by atoms with E-state index in [4.69, 9.17) is 0 Å². The van der Waals surface area contributed by atoms with Crippen molar-refractivity contribution in [3.63, 3.8) is 0 Å². The lowest BCUT2D eigenvalue weighted by Gasteiger charge is -2.05. The molecule has 0 bridgehead atoms. The standard InChI is InChI=1S/2C7H5NS.C4H8/c2*1-2-4-7-6(3-1)8-5-9-7;1-2-4-3-1/h2*1-5H;1-4H2. The molecule has 1 aliphatic carbocycles. The van der Waals surface area contributed by atoms with Crippen LogP contribution in [0.3, 0.4) is 0 Å². The van der Waals surface area contributed by atoms with Gasteiger partial charge in [-0.3, -0.25) is 0 Å². The Balaban J connectivity index is 0.000000106. The second kappa shape index (κ2) is 8.01. The summed E-state index contributed by atoms with van der Waals surface area (Å²) in [6.45, 7) is 0. The zero-order valence-electron chi connectivity index (χ0n) is 12.3. The van der Waals surface area contributed by atoms with Gasteiger partial charge in [-0.15, -0.1) is 22.7 Å². The first-order valence-corrected chi connectivity index (χ1v) is 9.26. The van der Waals surface area contributed by atoms with E-state index in [1.165, 1.54) is 35.1 Å². The van der Waals surface area contributed by atoms with Crippen molar-refractivity contribution >= 4 is 43.1 Å². The molecule has 5 rings (SSSR count). The smallest absolute Gasteiger partial charge is 0.0812 e. The molecular formula is C18H18N2S2. The van der Waals surface area contributed by atoms with E-state index in [1.54, 1.807) is 22.7 Å². The van der Waals surface area contributed by atoms with Crippen molar-refractivity contribution in [1.29, 1.82) is 0 Å². The highest BCUT2D eigenvalue weighted by Gasteiger charge is 1.95. The van der Waals surface area contributed by atoms with Crippen molar-refractivity contribution in [2.24, 2.45) is 0 Å². The maximum atomic E-state index is 4.14. The van der Waals surface area contributed by atoms with Gasteiger partial charge in [0, 0.05) is 0 Å². The van der Waals surface area contributed by atoms with Gasteiger partial charge in [0.25, 0.3) is 0 Å². The Morgan fingerprint density at radius 1 is 0.591 bits per heavy atom. The lowest BCUT2D eigenvalue weighted by Crippen LogP contribution is -1.85. The van der Waals surface area contributed by atoms with Crippen molar-refractivity contribution in [3.05, 3.63) is 59.6 Å². The maximum absolute atomic E-state index is 4.14. The molecule has 22 heavy (non-hydrogen) atoms. The van der Waals surface area contributed by atoms with Crippen molar-refractivity contribution in [2.75, 3.05) is 0 Å². The lowest BCUT2D eigenvalue weighted by molar-refractivity contribution is 0.504. The van der Waals surface area contributed by atoms with Gasteiger partial charge < -0.3 is 0 Å². The summed E-state index contributed by atoms with van der Waals surface area (Å²) in [5.74, 6) is 0. The quantitative estimate of drug-likeness (QED) is 0.387. The fourth-order valence-electron chi connectivity index (χ4n) is 1.86. The number of hydrogen-bond acceptors (Lipinski definition) is 4. The molecule has 2 aromatic heterocycles. The highest BCUT2D eigenvalue weighted by atomic mass is 32.1. The normalized spacial score (nSPS) is 12.7. The van der Waals surface area contributed by atoms with Crippen molar-refractivity contribution in [2.45, 2.75) is 25.7 Å². The van der Waals surface area contributed by atoms with Crippen LogP contribution in [0.5, 0.6) is 0 Å². The van der Waals surface area contributed by atoms with Gasteiger partial charge in [-0.2, -0.15) is 0 Å². The molecule has 0 saturated heterocycles. The molecule has 112 valence electrons. The van der Waals surface area contributed by atoms with Crippen LogP contribution >= 0.6 is 22.7 Å². The minimum Gasteiger partial charge on any atom is -0.245 e. The van der Waals surface area contributed by atoms with E-state index in [1.807, 2.05) is 47.4 Å². The van der Waals surface area contributed by atoms with Crippen LogP contribution in [-0.4, -0.2) is 9.97 Å². The zero-order valence-corrected chi connectivity index (χ0v) is 13.9. The van der Waals surface area contributed by atoms with Crippen molar-refractivity contribution < 1.29 is 0 Å². The van der Waals surface area contributed by atoms with E-state index < -0.39 is 0 Å². The largest absolute Gasteiger partial charge is 0.245 e. The van der Waals surface area contributed by atoms with Crippen LogP contribution in [0.25, 0.3) is 20.4 Å². The van der Waals surface area contributed by atoms with Crippen LogP contribution in [0, 0.1) is 0 Å². The average Bonchev–Trinajstić information content (AvgIpc) is 3.15. The van der Waals surface area contributed by atoms with Gasteiger partial charge >= 0.3 is 0 Å². The molecule has 0 N–H and O–H groups in total. The fourth-order valence-corrected chi connectivity index (χ4v) is 3.21. The van der Waals surface area contributed by atoms with Crippen LogP contribution < -0.4 is 0 Å². The Bertz CT molecular complexity index is 685. The molecule has 1 fully saturated rings. The van der Waals surface area contributed by atoms with E-state index in [9.17, 15) is 0 Å². The van der Waals surface area contributed by atoms with Gasteiger partial charge in [0.05, 0.1) is 31.5 Å². The molecule has 0 spiro atoms. The third-order valence-electron chi connectivity index (χ3n) is 3.47. The van der Waals surface area contributed by atoms with Gasteiger partial charge in [-0.05, 0) is 24.3 Å². The molecule has 0 aliphatic heterocycles. The third-order valence-corrected chi connectivity index (χ3v) is 5.09. The molecular weight excluding hydrogens is 308 g/mol. The number of hydrogen-bond donors (Lipinski definition) is 0. The van der Waals surface area contributed by atoms with Gasteiger partial charge in [-0.1, -0.05) is 49.9 Å². The first-order chi connectivity index (χ1) is 10.9. The highest BCUT2D eigenvalue weighted by molar-refractivity contribution is 7.17. The van der Waals surface area contributed by atoms with Gasteiger partial charge in [0.2, 0.25) is 0 Å². The van der Waals surface area contributed by atoms with Gasteiger partial charge in [-0.25, -0.2) is 9.97 Å². The molecule has 0 radical (unpaired) electrons. The van der Waals surface area contributed by atoms with Gasteiger partial charge in [0.1, 0.15) is 0 Å². The monoisotopic (exact) mass is 326 g/mol. The number of nitrogens with zero attached hydrogens (tertiary/aromatic N) is 2. The summed E-state index contributed by atoms with van der Waals surface area (Å²) in [5.41, 5.74) is 5.93. The second-order valence-corrected chi connectivity index (χ2v) is 6.83. The number of thiazole rings is 2. The Morgan fingerprint density at radius 2 is 1.00 bits per heavy atom. The van der Waals surface area contributed by atoms with Crippen LogP contribution in [0.1, 0.15) is 25.7 Å². The topological polar surface area (TPSA) is 25.8 Å². The minimum absolute atomic E-state index is 1.10. The number of benzene rings is 2. The van der Waals surface area contributed by atoms with E-state index in [0.29, 0.717) is 0 Å². The minimum atomic E-state index is 1.10. The van der Waals surface area contributed by atoms with E-state index in [-0.39, 0.29) is 0 Å². The Kier molecular flexibility index (Phi) is 5.51. The van der Waals surface area contributed by atoms with Gasteiger partial charge in [0.15, 0.2) is 0 Å². The molecule has 2 aromatic carbocycles. The number of aromatic nitrogens is 2. The zero-order chi connectivity index (χ0) is 15.0. The van der Waals surface area contributed by atoms with Crippen LogP contribution in [0.15, 0.2) is 59.6 Å². The van der Waals surface area contributed by atoms with Crippen LogP contribution in [-0.2, 0) is 0 Å².